The molecule has 2 aromatic carbocycles. The number of methoxy groups -OCH3 is 1. The van der Waals surface area contributed by atoms with Crippen LogP contribution in [0, 0.1) is 6.92 Å². The molecule has 2 heterocycles. The predicted molar refractivity (Wildman–Crippen MR) is 119 cm³/mol. The molecule has 1 aliphatic rings. The lowest BCUT2D eigenvalue weighted by atomic mass is 9.92. The summed E-state index contributed by atoms with van der Waals surface area (Å²) in [5.41, 5.74) is 4.72. The van der Waals surface area contributed by atoms with Crippen LogP contribution in [0.3, 0.4) is 0 Å². The maximum Gasteiger partial charge on any atom is 0.322 e. The molecule has 0 spiro atoms. The minimum absolute atomic E-state index is 0.0707. The molecule has 4 rings (SSSR count). The Morgan fingerprint density at radius 1 is 1.17 bits per heavy atom. The molecule has 0 saturated heterocycles. The van der Waals surface area contributed by atoms with Gasteiger partial charge in [-0.15, -0.1) is 11.3 Å². The summed E-state index contributed by atoms with van der Waals surface area (Å²) < 4.78 is 5.40. The fraction of sp³-hybridized carbons (Fsp3) is 0.292. The number of carbonyl (C=O) groups excluding carboxylic acids is 1. The van der Waals surface area contributed by atoms with E-state index in [0.717, 1.165) is 18.4 Å². The second-order valence-corrected chi connectivity index (χ2v) is 8.48. The van der Waals surface area contributed by atoms with Crippen molar-refractivity contribution in [1.29, 1.82) is 0 Å². The van der Waals surface area contributed by atoms with Crippen LogP contribution in [0.25, 0.3) is 0 Å². The monoisotopic (exact) mass is 406 g/mol. The van der Waals surface area contributed by atoms with Gasteiger partial charge in [0.15, 0.2) is 0 Å². The number of aryl methyl sites for hydroxylation is 1. The van der Waals surface area contributed by atoms with E-state index in [1.807, 2.05) is 58.7 Å². The highest BCUT2D eigenvalue weighted by molar-refractivity contribution is 7.12. The minimum atomic E-state index is -0.0990. The first-order valence-corrected chi connectivity index (χ1v) is 10.8. The smallest absolute Gasteiger partial charge is 0.322 e. The summed E-state index contributed by atoms with van der Waals surface area (Å²) in [6.45, 7) is 5.10. The van der Waals surface area contributed by atoms with Crippen molar-refractivity contribution in [2.75, 3.05) is 19.0 Å². The quantitative estimate of drug-likeness (QED) is 0.594. The van der Waals surface area contributed by atoms with Gasteiger partial charge in [0.25, 0.3) is 0 Å². The lowest BCUT2D eigenvalue weighted by Crippen LogP contribution is -2.42. The van der Waals surface area contributed by atoms with Crippen LogP contribution in [0.1, 0.15) is 39.4 Å². The number of hydrogen-bond acceptors (Lipinski definition) is 3. The number of carbonyl (C=O) groups is 1. The van der Waals surface area contributed by atoms with Crippen LogP contribution in [0.4, 0.5) is 10.5 Å². The topological polar surface area (TPSA) is 41.6 Å². The van der Waals surface area contributed by atoms with Crippen LogP contribution >= 0.6 is 11.3 Å². The Bertz CT molecular complexity index is 1010. The molecule has 1 unspecified atom stereocenters. The third-order valence-electron chi connectivity index (χ3n) is 5.59. The maximum atomic E-state index is 13.4. The minimum Gasteiger partial charge on any atom is -0.495 e. The average Bonchev–Trinajstić information content (AvgIpc) is 3.08. The maximum absolute atomic E-state index is 13.4. The molecule has 0 fully saturated rings. The summed E-state index contributed by atoms with van der Waals surface area (Å²) in [5.74, 6) is 0.662. The van der Waals surface area contributed by atoms with Crippen molar-refractivity contribution in [3.63, 3.8) is 0 Å². The number of benzene rings is 2. The molecule has 3 aromatic rings. The molecular weight excluding hydrogens is 380 g/mol. The van der Waals surface area contributed by atoms with Crippen LogP contribution in [-0.2, 0) is 12.8 Å². The Hall–Kier alpha value is -2.79. The fourth-order valence-corrected chi connectivity index (χ4v) is 5.67. The number of hydrogen-bond donors (Lipinski definition) is 1. The largest absolute Gasteiger partial charge is 0.495 e. The zero-order chi connectivity index (χ0) is 20.4. The number of fused-ring (bicyclic) bond motifs is 1. The van der Waals surface area contributed by atoms with Gasteiger partial charge in [-0.3, -0.25) is 0 Å². The van der Waals surface area contributed by atoms with Crippen LogP contribution in [0.15, 0.2) is 54.6 Å². The van der Waals surface area contributed by atoms with E-state index in [1.54, 1.807) is 7.11 Å². The molecule has 1 aromatic heterocycles. The van der Waals surface area contributed by atoms with E-state index < -0.39 is 0 Å². The Labute approximate surface area is 176 Å². The Morgan fingerprint density at radius 2 is 1.90 bits per heavy atom. The number of urea groups is 1. The van der Waals surface area contributed by atoms with Crippen molar-refractivity contribution in [1.82, 2.24) is 4.90 Å². The SMILES string of the molecule is CCc1c(C)sc2c1CCN(C(=O)Nc1ccccc1OC)C2c1ccccc1. The van der Waals surface area contributed by atoms with Gasteiger partial charge in [0, 0.05) is 16.3 Å². The van der Waals surface area contributed by atoms with Gasteiger partial charge >= 0.3 is 6.03 Å². The van der Waals surface area contributed by atoms with Gasteiger partial charge in [0.05, 0.1) is 18.8 Å². The molecule has 4 nitrogen and oxygen atoms in total. The Kier molecular flexibility index (Phi) is 5.58. The number of nitrogens with one attached hydrogen (secondary N) is 1. The molecule has 0 radical (unpaired) electrons. The zero-order valence-electron chi connectivity index (χ0n) is 17.1. The van der Waals surface area contributed by atoms with Gasteiger partial charge < -0.3 is 15.0 Å². The fourth-order valence-electron chi connectivity index (χ4n) is 4.23. The van der Waals surface area contributed by atoms with E-state index in [4.69, 9.17) is 4.74 Å². The molecule has 2 amide bonds. The van der Waals surface area contributed by atoms with Gasteiger partial charge in [-0.1, -0.05) is 49.4 Å². The van der Waals surface area contributed by atoms with Gasteiger partial charge in [0.1, 0.15) is 5.75 Å². The molecular formula is C24H26N2O2S. The van der Waals surface area contributed by atoms with E-state index in [-0.39, 0.29) is 12.1 Å². The molecule has 150 valence electrons. The van der Waals surface area contributed by atoms with Crippen molar-refractivity contribution in [3.05, 3.63) is 81.0 Å². The van der Waals surface area contributed by atoms with Gasteiger partial charge in [-0.05, 0) is 48.6 Å². The van der Waals surface area contributed by atoms with E-state index in [1.165, 1.54) is 20.9 Å². The highest BCUT2D eigenvalue weighted by Crippen LogP contribution is 2.43. The summed E-state index contributed by atoms with van der Waals surface area (Å²) in [6.07, 6.45) is 1.93. The van der Waals surface area contributed by atoms with Crippen LogP contribution < -0.4 is 10.1 Å². The van der Waals surface area contributed by atoms with Gasteiger partial charge in [-0.25, -0.2) is 4.79 Å². The molecule has 29 heavy (non-hydrogen) atoms. The average molecular weight is 407 g/mol. The first-order chi connectivity index (χ1) is 14.1. The number of amides is 2. The van der Waals surface area contributed by atoms with Crippen LogP contribution in [0.2, 0.25) is 0 Å². The number of rotatable bonds is 4. The molecule has 0 saturated carbocycles. The lowest BCUT2D eigenvalue weighted by molar-refractivity contribution is 0.195. The van der Waals surface area contributed by atoms with Crippen molar-refractivity contribution in [3.8, 4) is 5.75 Å². The Balaban J connectivity index is 1.73. The summed E-state index contributed by atoms with van der Waals surface area (Å²) in [5, 5.41) is 3.06. The summed E-state index contributed by atoms with van der Waals surface area (Å²) in [7, 11) is 1.62. The van der Waals surface area contributed by atoms with Crippen molar-refractivity contribution < 1.29 is 9.53 Å². The number of thiophene rings is 1. The van der Waals surface area contributed by atoms with E-state index in [0.29, 0.717) is 18.0 Å². The summed E-state index contributed by atoms with van der Waals surface area (Å²) in [4.78, 5) is 18.0. The van der Waals surface area contributed by atoms with Gasteiger partial charge in [0.2, 0.25) is 0 Å². The first-order valence-electron chi connectivity index (χ1n) is 10.0. The molecule has 5 heteroatoms. The van der Waals surface area contributed by atoms with E-state index in [2.05, 4.69) is 31.3 Å². The zero-order valence-corrected chi connectivity index (χ0v) is 17.9. The normalized spacial score (nSPS) is 15.7. The van der Waals surface area contributed by atoms with Crippen LogP contribution in [0.5, 0.6) is 5.75 Å². The van der Waals surface area contributed by atoms with Gasteiger partial charge in [-0.2, -0.15) is 0 Å². The highest BCUT2D eigenvalue weighted by atomic mass is 32.1. The Morgan fingerprint density at radius 3 is 2.62 bits per heavy atom. The molecule has 1 N–H and O–H groups in total. The van der Waals surface area contributed by atoms with E-state index in [9.17, 15) is 4.79 Å². The van der Waals surface area contributed by atoms with Crippen molar-refractivity contribution >= 4 is 23.1 Å². The second-order valence-electron chi connectivity index (χ2n) is 7.22. The predicted octanol–water partition coefficient (Wildman–Crippen LogP) is 5.81. The number of anilines is 1. The van der Waals surface area contributed by atoms with E-state index >= 15 is 0 Å². The first kappa shape index (κ1) is 19.5. The number of ether oxygens (including phenoxy) is 1. The number of para-hydroxylation sites is 2. The molecule has 1 atom stereocenters. The third kappa shape index (κ3) is 3.62. The number of nitrogens with zero attached hydrogens (tertiary/aromatic N) is 1. The second kappa shape index (κ2) is 8.29. The summed E-state index contributed by atoms with van der Waals surface area (Å²) in [6, 6.07) is 17.7. The standard InChI is InChI=1S/C24H26N2O2S/c1-4-18-16(2)29-23-19(18)14-15-26(22(23)17-10-6-5-7-11-17)24(27)25-20-12-8-9-13-21(20)28-3/h5-13,22H,4,14-15H2,1-3H3,(H,25,27). The van der Waals surface area contributed by atoms with Crippen molar-refractivity contribution in [2.45, 2.75) is 32.7 Å². The van der Waals surface area contributed by atoms with Crippen molar-refractivity contribution in [2.24, 2.45) is 0 Å². The molecule has 0 aliphatic carbocycles. The molecule has 1 aliphatic heterocycles. The third-order valence-corrected chi connectivity index (χ3v) is 6.83. The summed E-state index contributed by atoms with van der Waals surface area (Å²) >= 11 is 1.83. The van der Waals surface area contributed by atoms with Crippen LogP contribution in [-0.4, -0.2) is 24.6 Å². The highest BCUT2D eigenvalue weighted by Gasteiger charge is 2.35. The molecule has 0 bridgehead atoms. The lowest BCUT2D eigenvalue weighted by Gasteiger charge is -2.36.